The molecule has 1 aromatic heterocycles. The molecule has 0 aliphatic carbocycles. The summed E-state index contributed by atoms with van der Waals surface area (Å²) in [5, 5.41) is 3.26. The van der Waals surface area contributed by atoms with Gasteiger partial charge in [-0.25, -0.2) is 0 Å². The third kappa shape index (κ3) is 14.3. The number of alkyl halides is 24. The van der Waals surface area contributed by atoms with E-state index in [0.29, 0.717) is 11.3 Å². The lowest BCUT2D eigenvalue weighted by Crippen LogP contribution is -2.75. The maximum atomic E-state index is 14.2. The first-order chi connectivity index (χ1) is 35.5. The summed E-state index contributed by atoms with van der Waals surface area (Å²) in [6.45, 7) is -0.206. The van der Waals surface area contributed by atoms with Gasteiger partial charge in [-0.3, -0.25) is 9.59 Å². The number of hydrogen-bond acceptors (Lipinski definition) is 3. The molecule has 31 heteroatoms. The highest BCUT2D eigenvalue weighted by molar-refractivity contribution is 7.20. The first-order valence-electron chi connectivity index (χ1n) is 20.9. The standard InChI is InChI=1S/C32H12BF24.C15H13N4O2/c34-25(35,36)13-1-14(26(37,38)39)6-21(5-13)33(22-7-15(27(40,41)42)2-16(8-22)28(43,44)45,23-9-17(29(46,47)48)3-18(10-23)30(49,50)51)24-11-19(31(52,53)54)4-20(12-24)32(55,56)57;16-18-17-10-14(20)13-8-4-5-9-19(13)11-15(21)12-6-2-1-3-7-12/h1-12H;1-9H,10-11H2/q-1;+1. The van der Waals surface area contributed by atoms with Gasteiger partial charge < -0.3 is 0 Å². The number of halogens is 24. The highest BCUT2D eigenvalue weighted by Crippen LogP contribution is 2.41. The van der Waals surface area contributed by atoms with E-state index in [9.17, 15) is 115 Å². The number of azide groups is 1. The molecule has 6 rings (SSSR count). The fraction of sp³-hybridized carbons (Fsp3) is 0.213. The molecule has 416 valence electrons. The van der Waals surface area contributed by atoms with Gasteiger partial charge in [0, 0.05) is 22.6 Å². The maximum absolute atomic E-state index is 14.2. The fourth-order valence-electron chi connectivity index (χ4n) is 7.98. The van der Waals surface area contributed by atoms with Crippen molar-refractivity contribution in [2.24, 2.45) is 5.11 Å². The van der Waals surface area contributed by atoms with E-state index in [1.165, 1.54) is 0 Å². The smallest absolute Gasteiger partial charge is 0.287 e. The van der Waals surface area contributed by atoms with E-state index in [1.54, 1.807) is 53.2 Å². The van der Waals surface area contributed by atoms with Crippen LogP contribution >= 0.6 is 0 Å². The van der Waals surface area contributed by atoms with Gasteiger partial charge in [0.15, 0.2) is 6.20 Å². The van der Waals surface area contributed by atoms with Gasteiger partial charge in [-0.2, -0.15) is 132 Å². The van der Waals surface area contributed by atoms with Gasteiger partial charge in [-0.05, 0) is 35.9 Å². The minimum Gasteiger partial charge on any atom is -0.287 e. The zero-order valence-electron chi connectivity index (χ0n) is 37.8. The van der Waals surface area contributed by atoms with Crippen LogP contribution in [-0.2, 0) is 56.0 Å². The van der Waals surface area contributed by atoms with Gasteiger partial charge in [0.25, 0.3) is 0 Å². The zero-order valence-corrected chi connectivity index (χ0v) is 37.8. The van der Waals surface area contributed by atoms with Crippen LogP contribution in [0, 0.1) is 0 Å². The Morgan fingerprint density at radius 1 is 0.397 bits per heavy atom. The molecule has 0 bridgehead atoms. The lowest BCUT2D eigenvalue weighted by atomic mass is 9.12. The summed E-state index contributed by atoms with van der Waals surface area (Å²) < 4.78 is 342. The number of ketones is 2. The summed E-state index contributed by atoms with van der Waals surface area (Å²) in [6.07, 6.45) is -53.1. The Balaban J connectivity index is 0.000000443. The molecule has 0 amide bonds. The van der Waals surface area contributed by atoms with E-state index < -0.39 is 195 Å². The Labute approximate surface area is 420 Å². The molecule has 0 spiro atoms. The van der Waals surface area contributed by atoms with E-state index in [0.717, 1.165) is 0 Å². The Hall–Kier alpha value is -7.72. The van der Waals surface area contributed by atoms with Gasteiger partial charge in [0.1, 0.15) is 6.15 Å². The summed E-state index contributed by atoms with van der Waals surface area (Å²) in [5.74, 6) is -0.418. The molecule has 0 saturated carbocycles. The number of pyridine rings is 1. The molecule has 0 radical (unpaired) electrons. The molecule has 0 atom stereocenters. The monoisotopic (exact) mass is 1140 g/mol. The summed E-state index contributed by atoms with van der Waals surface area (Å²) in [5.41, 5.74) is -21.0. The van der Waals surface area contributed by atoms with Gasteiger partial charge in [0.2, 0.25) is 23.8 Å². The largest absolute Gasteiger partial charge is 0.416 e. The van der Waals surface area contributed by atoms with E-state index in [2.05, 4.69) is 10.0 Å². The maximum Gasteiger partial charge on any atom is 0.416 e. The molecule has 0 fully saturated rings. The number of Topliss-reactive ketones (excluding diaryl/α,β-unsaturated/α-hetero) is 2. The van der Waals surface area contributed by atoms with Gasteiger partial charge in [0.05, 0.1) is 51.1 Å². The van der Waals surface area contributed by atoms with E-state index in [1.807, 2.05) is 6.07 Å². The fourth-order valence-corrected chi connectivity index (χ4v) is 7.98. The zero-order chi connectivity index (χ0) is 59.0. The minimum absolute atomic E-state index is 0.0577. The molecular formula is C47H25BF24N4O2. The molecule has 78 heavy (non-hydrogen) atoms. The van der Waals surface area contributed by atoms with E-state index in [4.69, 9.17) is 5.53 Å². The number of rotatable bonds is 10. The quantitative estimate of drug-likeness (QED) is 0.0260. The van der Waals surface area contributed by atoms with Crippen LogP contribution in [-0.4, -0.2) is 24.3 Å². The van der Waals surface area contributed by atoms with Crippen molar-refractivity contribution < 1.29 is 120 Å². The van der Waals surface area contributed by atoms with Crippen molar-refractivity contribution in [1.82, 2.24) is 0 Å². The van der Waals surface area contributed by atoms with Crippen molar-refractivity contribution >= 4 is 39.6 Å². The summed E-state index contributed by atoms with van der Waals surface area (Å²) in [6, 6.07) is 5.10. The molecule has 6 aromatic rings. The second kappa shape index (κ2) is 21.6. The average molecular weight is 1140 g/mol. The van der Waals surface area contributed by atoms with Crippen molar-refractivity contribution in [3.63, 3.8) is 0 Å². The Morgan fingerprint density at radius 3 is 0.923 bits per heavy atom. The van der Waals surface area contributed by atoms with Crippen molar-refractivity contribution in [2.45, 2.75) is 56.0 Å². The summed E-state index contributed by atoms with van der Waals surface area (Å²) in [4.78, 5) is 26.7. The van der Waals surface area contributed by atoms with Gasteiger partial charge in [-0.15, -0.1) is 0 Å². The molecule has 1 heterocycles. The van der Waals surface area contributed by atoms with E-state index >= 15 is 0 Å². The topological polar surface area (TPSA) is 86.8 Å². The third-order valence-electron chi connectivity index (χ3n) is 11.4. The molecule has 5 aromatic carbocycles. The van der Waals surface area contributed by atoms with Crippen molar-refractivity contribution in [2.75, 3.05) is 6.54 Å². The average Bonchev–Trinajstić information content (AvgIpc) is 3.37. The molecule has 6 nitrogen and oxygen atoms in total. The van der Waals surface area contributed by atoms with Crippen LogP contribution in [0.2, 0.25) is 0 Å². The predicted octanol–water partition coefficient (Wildman–Crippen LogP) is 13.6. The van der Waals surface area contributed by atoms with Crippen LogP contribution in [0.3, 0.4) is 0 Å². The van der Waals surface area contributed by atoms with Crippen LogP contribution in [0.1, 0.15) is 65.4 Å². The molecule has 0 unspecified atom stereocenters. The minimum atomic E-state index is -6.13. The number of carbonyl (C=O) groups is 2. The van der Waals surface area contributed by atoms with Crippen LogP contribution in [0.5, 0.6) is 0 Å². The van der Waals surface area contributed by atoms with Crippen LogP contribution in [0.25, 0.3) is 10.4 Å². The highest BCUT2D eigenvalue weighted by Gasteiger charge is 2.47. The van der Waals surface area contributed by atoms with Gasteiger partial charge in [-0.1, -0.05) is 84.0 Å². The molecule has 0 saturated heterocycles. The first kappa shape index (κ1) is 61.1. The van der Waals surface area contributed by atoms with Crippen molar-refractivity contribution in [3.05, 3.63) is 194 Å². The number of benzene rings is 5. The SMILES string of the molecule is FC(F)(F)c1cc([B-](c2cc(C(F)(F)F)cc(C(F)(F)F)c2)(c2cc(C(F)(F)F)cc(C(F)(F)F)c2)c2cc(C(F)(F)F)cc(C(F)(F)F)c2)cc(C(F)(F)F)c1.[N-]=[N+]=NCC(=O)c1cccc[n+]1CC(=O)c1ccccc1. The number of aromatic nitrogens is 1. The number of hydrogen-bond donors (Lipinski definition) is 0. The van der Waals surface area contributed by atoms with Crippen LogP contribution in [0.15, 0.2) is 133 Å². The first-order valence-corrected chi connectivity index (χ1v) is 20.9. The van der Waals surface area contributed by atoms with Gasteiger partial charge >= 0.3 is 49.4 Å². The third-order valence-corrected chi connectivity index (χ3v) is 11.4. The summed E-state index contributed by atoms with van der Waals surface area (Å²) >= 11 is 0. The Kier molecular flexibility index (Phi) is 16.9. The number of carbonyl (C=O) groups excluding carboxylic acids is 2. The predicted molar refractivity (Wildman–Crippen MR) is 226 cm³/mol. The molecule has 0 aliphatic heterocycles. The second-order valence-corrected chi connectivity index (χ2v) is 16.5. The summed E-state index contributed by atoms with van der Waals surface area (Å²) in [7, 11) is 0. The molecule has 0 aliphatic rings. The van der Waals surface area contributed by atoms with Crippen LogP contribution < -0.4 is 26.4 Å². The van der Waals surface area contributed by atoms with Crippen molar-refractivity contribution in [3.8, 4) is 0 Å². The lowest BCUT2D eigenvalue weighted by molar-refractivity contribution is -0.685. The van der Waals surface area contributed by atoms with Crippen LogP contribution in [0.4, 0.5) is 105 Å². The second-order valence-electron chi connectivity index (χ2n) is 16.5. The highest BCUT2D eigenvalue weighted by atomic mass is 19.4. The van der Waals surface area contributed by atoms with Crippen molar-refractivity contribution in [1.29, 1.82) is 0 Å². The number of nitrogens with zero attached hydrogens (tertiary/aromatic N) is 4. The lowest BCUT2D eigenvalue weighted by Gasteiger charge is -2.46. The normalized spacial score (nSPS) is 13.1. The Bertz CT molecular complexity index is 2800. The molecule has 0 N–H and O–H groups in total. The molecular weight excluding hydrogens is 1120 g/mol. The van der Waals surface area contributed by atoms with E-state index in [-0.39, 0.29) is 24.7 Å². The Morgan fingerprint density at radius 2 is 0.667 bits per heavy atom.